The summed E-state index contributed by atoms with van der Waals surface area (Å²) in [4.78, 5) is 23.8. The molecule has 2 nitrogen and oxygen atoms in total. The van der Waals surface area contributed by atoms with Crippen molar-refractivity contribution in [2.75, 3.05) is 0 Å². The molecule has 4 aliphatic carbocycles. The molecule has 158 valence electrons. The third kappa shape index (κ3) is 3.03. The van der Waals surface area contributed by atoms with Gasteiger partial charge < -0.3 is 4.79 Å². The van der Waals surface area contributed by atoms with E-state index in [1.54, 1.807) is 0 Å². The molecule has 0 heterocycles. The first-order valence-electron chi connectivity index (χ1n) is 12.3. The largest absolute Gasteiger partial charge is 0.303 e. The lowest BCUT2D eigenvalue weighted by Crippen LogP contribution is -2.55. The van der Waals surface area contributed by atoms with Crippen LogP contribution in [0.5, 0.6) is 0 Å². The van der Waals surface area contributed by atoms with Crippen molar-refractivity contribution in [3.05, 3.63) is 0 Å². The van der Waals surface area contributed by atoms with Gasteiger partial charge in [0.15, 0.2) is 0 Å². The Labute approximate surface area is 172 Å². The number of hydrogen-bond acceptors (Lipinski definition) is 2. The van der Waals surface area contributed by atoms with Crippen LogP contribution in [0.15, 0.2) is 0 Å². The van der Waals surface area contributed by atoms with Gasteiger partial charge in [-0.05, 0) is 91.3 Å². The van der Waals surface area contributed by atoms with Crippen LogP contribution in [0.2, 0.25) is 0 Å². The van der Waals surface area contributed by atoms with Crippen LogP contribution in [-0.4, -0.2) is 12.1 Å². The zero-order valence-electron chi connectivity index (χ0n) is 18.7. The summed E-state index contributed by atoms with van der Waals surface area (Å²) in [5.74, 6) is 5.29. The highest BCUT2D eigenvalue weighted by molar-refractivity contribution is 5.84. The highest BCUT2D eigenvalue weighted by Crippen LogP contribution is 2.68. The highest BCUT2D eigenvalue weighted by Gasteiger charge is 2.61. The maximum atomic E-state index is 12.6. The number of carbonyl (C=O) groups excluding carboxylic acids is 2. The van der Waals surface area contributed by atoms with Gasteiger partial charge in [-0.15, -0.1) is 0 Å². The predicted octanol–water partition coefficient (Wildman–Crippen LogP) is 6.47. The number of aldehydes is 1. The topological polar surface area (TPSA) is 34.1 Å². The Morgan fingerprint density at radius 2 is 1.82 bits per heavy atom. The fourth-order valence-electron chi connectivity index (χ4n) is 9.21. The van der Waals surface area contributed by atoms with Crippen LogP contribution in [0.3, 0.4) is 0 Å². The maximum Gasteiger partial charge on any atom is 0.136 e. The van der Waals surface area contributed by atoms with Gasteiger partial charge in [-0.2, -0.15) is 0 Å². The molecule has 9 atom stereocenters. The summed E-state index contributed by atoms with van der Waals surface area (Å²) in [6, 6.07) is 0. The molecule has 4 rings (SSSR count). The van der Waals surface area contributed by atoms with E-state index in [1.165, 1.54) is 51.4 Å². The van der Waals surface area contributed by atoms with Gasteiger partial charge in [-0.3, -0.25) is 4.79 Å². The summed E-state index contributed by atoms with van der Waals surface area (Å²) >= 11 is 0. The van der Waals surface area contributed by atoms with Gasteiger partial charge >= 0.3 is 0 Å². The lowest BCUT2D eigenvalue weighted by atomic mass is 9.43. The summed E-state index contributed by atoms with van der Waals surface area (Å²) in [7, 11) is 0. The van der Waals surface area contributed by atoms with Gasteiger partial charge in [0.2, 0.25) is 0 Å². The Morgan fingerprint density at radius 1 is 1.07 bits per heavy atom. The molecule has 0 radical (unpaired) electrons. The van der Waals surface area contributed by atoms with Crippen molar-refractivity contribution in [3.63, 3.8) is 0 Å². The zero-order chi connectivity index (χ0) is 20.1. The lowest BCUT2D eigenvalue weighted by molar-refractivity contribution is -0.149. The van der Waals surface area contributed by atoms with E-state index in [0.29, 0.717) is 29.0 Å². The number of hydrogen-bond donors (Lipinski definition) is 0. The predicted molar refractivity (Wildman–Crippen MR) is 114 cm³/mol. The first kappa shape index (κ1) is 20.6. The van der Waals surface area contributed by atoms with Gasteiger partial charge in [-0.1, -0.05) is 40.5 Å². The summed E-state index contributed by atoms with van der Waals surface area (Å²) < 4.78 is 0. The molecular weight excluding hydrogens is 344 g/mol. The van der Waals surface area contributed by atoms with Crippen LogP contribution in [0.1, 0.15) is 98.3 Å². The Balaban J connectivity index is 1.57. The second-order valence-corrected chi connectivity index (χ2v) is 11.6. The van der Waals surface area contributed by atoms with Crippen LogP contribution in [0, 0.1) is 52.3 Å². The fourth-order valence-corrected chi connectivity index (χ4v) is 9.21. The minimum atomic E-state index is 0.00622. The molecule has 0 saturated heterocycles. The molecule has 4 saturated carbocycles. The Morgan fingerprint density at radius 3 is 2.54 bits per heavy atom. The Kier molecular flexibility index (Phi) is 5.55. The van der Waals surface area contributed by atoms with Crippen molar-refractivity contribution in [2.24, 2.45) is 52.3 Å². The minimum absolute atomic E-state index is 0.00622. The van der Waals surface area contributed by atoms with Gasteiger partial charge in [-0.25, -0.2) is 0 Å². The first-order chi connectivity index (χ1) is 13.3. The van der Waals surface area contributed by atoms with Gasteiger partial charge in [0.25, 0.3) is 0 Å². The SMILES string of the molecule is CCC[C@@H](C)[C@H]1CC[C@H]2[C@@H]3CC[C@@H]4CC(=O)[C@H](CC=O)C[C@]4(C)[C@H]3CC[C@]12C. The van der Waals surface area contributed by atoms with Crippen LogP contribution in [-0.2, 0) is 9.59 Å². The molecule has 0 aromatic rings. The third-order valence-electron chi connectivity index (χ3n) is 10.5. The minimum Gasteiger partial charge on any atom is -0.303 e. The van der Waals surface area contributed by atoms with Crippen LogP contribution in [0.25, 0.3) is 0 Å². The Hall–Kier alpha value is -0.660. The molecule has 0 amide bonds. The standard InChI is InChI=1S/C26H42O2/c1-5-6-17(2)21-9-10-22-20-8-7-19-15-24(28)18(12-14-27)16-26(19,4)23(20)11-13-25(21,22)3/h14,17-23H,5-13,15-16H2,1-4H3/t17-,18-,19-,20+,21-,22+,23+,25-,26+/m1/s1. The van der Waals surface area contributed by atoms with Gasteiger partial charge in [0, 0.05) is 18.8 Å². The third-order valence-corrected chi connectivity index (χ3v) is 10.5. The van der Waals surface area contributed by atoms with E-state index in [2.05, 4.69) is 27.7 Å². The molecule has 2 heteroatoms. The molecule has 0 spiro atoms. The van der Waals surface area contributed by atoms with Crippen molar-refractivity contribution in [1.82, 2.24) is 0 Å². The van der Waals surface area contributed by atoms with E-state index in [-0.39, 0.29) is 5.92 Å². The van der Waals surface area contributed by atoms with Crippen molar-refractivity contribution in [1.29, 1.82) is 0 Å². The van der Waals surface area contributed by atoms with Gasteiger partial charge in [0.05, 0.1) is 0 Å². The fraction of sp³-hybridized carbons (Fsp3) is 0.923. The summed E-state index contributed by atoms with van der Waals surface area (Å²) in [5.41, 5.74) is 0.838. The van der Waals surface area contributed by atoms with E-state index >= 15 is 0 Å². The maximum absolute atomic E-state index is 12.6. The number of carbonyl (C=O) groups is 2. The van der Waals surface area contributed by atoms with Crippen molar-refractivity contribution in [3.8, 4) is 0 Å². The summed E-state index contributed by atoms with van der Waals surface area (Å²) in [5, 5.41) is 0. The average molecular weight is 387 g/mol. The van der Waals surface area contributed by atoms with Crippen molar-refractivity contribution >= 4 is 12.1 Å². The summed E-state index contributed by atoms with van der Waals surface area (Å²) in [6.45, 7) is 10.0. The molecular formula is C26H42O2. The van der Waals surface area contributed by atoms with E-state index in [1.807, 2.05) is 0 Å². The number of fused-ring (bicyclic) bond motifs is 5. The van der Waals surface area contributed by atoms with Crippen LogP contribution < -0.4 is 0 Å². The second kappa shape index (κ2) is 7.55. The molecule has 28 heavy (non-hydrogen) atoms. The quantitative estimate of drug-likeness (QED) is 0.508. The van der Waals surface area contributed by atoms with Crippen LogP contribution >= 0.6 is 0 Å². The van der Waals surface area contributed by atoms with Crippen molar-refractivity contribution in [2.45, 2.75) is 98.3 Å². The van der Waals surface area contributed by atoms with E-state index in [9.17, 15) is 9.59 Å². The van der Waals surface area contributed by atoms with Crippen LogP contribution in [0.4, 0.5) is 0 Å². The molecule has 0 bridgehead atoms. The van der Waals surface area contributed by atoms with E-state index < -0.39 is 0 Å². The molecule has 0 aromatic carbocycles. The number of ketones is 1. The van der Waals surface area contributed by atoms with E-state index in [0.717, 1.165) is 48.7 Å². The lowest BCUT2D eigenvalue weighted by Gasteiger charge is -2.61. The molecule has 0 unspecified atom stereocenters. The monoisotopic (exact) mass is 386 g/mol. The second-order valence-electron chi connectivity index (χ2n) is 11.6. The van der Waals surface area contributed by atoms with E-state index in [4.69, 9.17) is 0 Å². The molecule has 0 aromatic heterocycles. The zero-order valence-corrected chi connectivity index (χ0v) is 18.7. The van der Waals surface area contributed by atoms with Crippen molar-refractivity contribution < 1.29 is 9.59 Å². The molecule has 4 aliphatic rings. The first-order valence-corrected chi connectivity index (χ1v) is 12.3. The molecule has 0 N–H and O–H groups in total. The highest BCUT2D eigenvalue weighted by atomic mass is 16.1. The molecule has 4 fully saturated rings. The normalized spacial score (nSPS) is 49.1. The average Bonchev–Trinajstić information content (AvgIpc) is 3.00. The number of rotatable bonds is 5. The summed E-state index contributed by atoms with van der Waals surface area (Å²) in [6.07, 6.45) is 14.1. The number of Topliss-reactive ketones (excluding diaryl/α,β-unsaturated/α-hetero) is 1. The Bertz CT molecular complexity index is 612. The van der Waals surface area contributed by atoms with Gasteiger partial charge in [0.1, 0.15) is 12.1 Å². The smallest absolute Gasteiger partial charge is 0.136 e. The molecule has 0 aliphatic heterocycles.